The highest BCUT2D eigenvalue weighted by Gasteiger charge is 2.23. The quantitative estimate of drug-likeness (QED) is 0.441. The molecule has 150 valence electrons. The van der Waals surface area contributed by atoms with Gasteiger partial charge in [-0.3, -0.25) is 9.98 Å². The lowest BCUT2D eigenvalue weighted by molar-refractivity contribution is 0.583. The lowest BCUT2D eigenvalue weighted by Crippen LogP contribution is -2.09. The molecule has 2 N–H and O–H groups in total. The molecule has 0 saturated heterocycles. The first-order valence-electron chi connectivity index (χ1n) is 9.88. The largest absolute Gasteiger partial charge is 0.348 e. The molecule has 0 unspecified atom stereocenters. The lowest BCUT2D eigenvalue weighted by Gasteiger charge is -2.22. The minimum absolute atomic E-state index is 0.208. The van der Waals surface area contributed by atoms with Crippen molar-refractivity contribution in [3.8, 4) is 0 Å². The maximum atomic E-state index is 4.95. The standard InChI is InChI=1S/C24H24N6/c1-17-21(29-15-27-17)13-25-23(19-9-5-3-6-10-19)24(20-11-7-4-8-12-20)26-14-22-18(2)28-16-30-22/h3-16,23-24H,1-2H3,(H,27,29)(H,28,30)/t23-,24-/m0/s1. The van der Waals surface area contributed by atoms with Gasteiger partial charge in [-0.15, -0.1) is 0 Å². The Labute approximate surface area is 175 Å². The fourth-order valence-electron chi connectivity index (χ4n) is 3.30. The van der Waals surface area contributed by atoms with Gasteiger partial charge in [-0.2, -0.15) is 0 Å². The Kier molecular flexibility index (Phi) is 5.94. The van der Waals surface area contributed by atoms with Crippen LogP contribution in [-0.4, -0.2) is 32.4 Å². The average Bonchev–Trinajstić information content (AvgIpc) is 3.39. The predicted octanol–water partition coefficient (Wildman–Crippen LogP) is 4.77. The van der Waals surface area contributed by atoms with Crippen molar-refractivity contribution in [1.29, 1.82) is 0 Å². The first-order chi connectivity index (χ1) is 14.7. The number of nitrogens with zero attached hydrogens (tertiary/aromatic N) is 4. The number of nitrogens with one attached hydrogen (secondary N) is 2. The summed E-state index contributed by atoms with van der Waals surface area (Å²) in [7, 11) is 0. The van der Waals surface area contributed by atoms with E-state index in [9.17, 15) is 0 Å². The van der Waals surface area contributed by atoms with Gasteiger partial charge in [0.15, 0.2) is 0 Å². The van der Waals surface area contributed by atoms with Gasteiger partial charge in [-0.25, -0.2) is 9.97 Å². The van der Waals surface area contributed by atoms with E-state index in [-0.39, 0.29) is 12.1 Å². The van der Waals surface area contributed by atoms with E-state index in [0.717, 1.165) is 33.9 Å². The molecule has 0 radical (unpaired) electrons. The summed E-state index contributed by atoms with van der Waals surface area (Å²) in [6.45, 7) is 3.97. The van der Waals surface area contributed by atoms with Crippen LogP contribution in [-0.2, 0) is 0 Å². The molecule has 0 saturated carbocycles. The Morgan fingerprint density at radius 1 is 0.667 bits per heavy atom. The molecule has 2 heterocycles. The van der Waals surface area contributed by atoms with E-state index in [0.29, 0.717) is 0 Å². The van der Waals surface area contributed by atoms with Gasteiger partial charge in [0.25, 0.3) is 0 Å². The van der Waals surface area contributed by atoms with Crippen LogP contribution < -0.4 is 0 Å². The molecule has 0 aliphatic heterocycles. The van der Waals surface area contributed by atoms with Crippen LogP contribution in [0.25, 0.3) is 0 Å². The van der Waals surface area contributed by atoms with Crippen molar-refractivity contribution in [3.05, 3.63) is 107 Å². The molecule has 0 fully saturated rings. The average molecular weight is 396 g/mol. The van der Waals surface area contributed by atoms with Crippen LogP contribution in [0.1, 0.15) is 46.0 Å². The third-order valence-corrected chi connectivity index (χ3v) is 5.03. The maximum absolute atomic E-state index is 4.95. The molecule has 0 spiro atoms. The van der Waals surface area contributed by atoms with Gasteiger partial charge < -0.3 is 9.97 Å². The minimum Gasteiger partial charge on any atom is -0.348 e. The highest BCUT2D eigenvalue weighted by atomic mass is 14.9. The SMILES string of the molecule is Cc1[nH]cnc1C=N[C@@H](c1ccccc1)[C@@H](N=Cc1nc[nH]c1C)c1ccccc1. The van der Waals surface area contributed by atoms with E-state index >= 15 is 0 Å². The second-order valence-corrected chi connectivity index (χ2v) is 7.09. The summed E-state index contributed by atoms with van der Waals surface area (Å²) in [6.07, 6.45) is 7.02. The number of rotatable bonds is 7. The van der Waals surface area contributed by atoms with Crippen molar-refractivity contribution in [3.63, 3.8) is 0 Å². The van der Waals surface area contributed by atoms with Crippen molar-refractivity contribution in [2.24, 2.45) is 9.98 Å². The summed E-state index contributed by atoms with van der Waals surface area (Å²) < 4.78 is 0. The second-order valence-electron chi connectivity index (χ2n) is 7.09. The molecule has 2 atom stereocenters. The van der Waals surface area contributed by atoms with Crippen LogP contribution in [0.5, 0.6) is 0 Å². The van der Waals surface area contributed by atoms with E-state index in [1.165, 1.54) is 0 Å². The van der Waals surface area contributed by atoms with Crippen LogP contribution in [0.2, 0.25) is 0 Å². The van der Waals surface area contributed by atoms with Gasteiger partial charge in [0.1, 0.15) is 23.5 Å². The molecule has 6 nitrogen and oxygen atoms in total. The number of hydrogen-bond acceptors (Lipinski definition) is 4. The van der Waals surface area contributed by atoms with Gasteiger partial charge >= 0.3 is 0 Å². The molecule has 4 aromatic rings. The first kappa shape index (κ1) is 19.5. The summed E-state index contributed by atoms with van der Waals surface area (Å²) in [5, 5.41) is 0. The molecule has 2 aromatic heterocycles. The Morgan fingerprint density at radius 2 is 1.07 bits per heavy atom. The molecule has 30 heavy (non-hydrogen) atoms. The molecule has 0 amide bonds. The van der Waals surface area contributed by atoms with E-state index in [4.69, 9.17) is 9.98 Å². The minimum atomic E-state index is -0.208. The van der Waals surface area contributed by atoms with Crippen LogP contribution >= 0.6 is 0 Å². The Morgan fingerprint density at radius 3 is 1.40 bits per heavy atom. The number of imidazole rings is 2. The summed E-state index contributed by atoms with van der Waals surface area (Å²) in [4.78, 5) is 24.8. The van der Waals surface area contributed by atoms with Crippen LogP contribution in [0.4, 0.5) is 0 Å². The number of aromatic amines is 2. The first-order valence-corrected chi connectivity index (χ1v) is 9.88. The van der Waals surface area contributed by atoms with Gasteiger partial charge in [-0.05, 0) is 25.0 Å². The van der Waals surface area contributed by atoms with E-state index in [1.807, 2.05) is 62.7 Å². The predicted molar refractivity (Wildman–Crippen MR) is 120 cm³/mol. The van der Waals surface area contributed by atoms with Gasteiger partial charge in [0.2, 0.25) is 0 Å². The summed E-state index contributed by atoms with van der Waals surface area (Å²) >= 11 is 0. The normalized spacial score (nSPS) is 13.8. The molecular weight excluding hydrogens is 372 g/mol. The van der Waals surface area contributed by atoms with Crippen LogP contribution in [0, 0.1) is 13.8 Å². The topological polar surface area (TPSA) is 82.1 Å². The highest BCUT2D eigenvalue weighted by molar-refractivity contribution is 5.79. The number of H-pyrrole nitrogens is 2. The van der Waals surface area contributed by atoms with E-state index in [1.54, 1.807) is 12.7 Å². The van der Waals surface area contributed by atoms with Gasteiger partial charge in [0, 0.05) is 23.8 Å². The third-order valence-electron chi connectivity index (χ3n) is 5.03. The van der Waals surface area contributed by atoms with Crippen molar-refractivity contribution < 1.29 is 0 Å². The zero-order valence-corrected chi connectivity index (χ0v) is 17.0. The summed E-state index contributed by atoms with van der Waals surface area (Å²) in [5.74, 6) is 0. The number of aliphatic imine (C=N–C) groups is 2. The zero-order chi connectivity index (χ0) is 20.8. The highest BCUT2D eigenvalue weighted by Crippen LogP contribution is 2.35. The third kappa shape index (κ3) is 4.43. The van der Waals surface area contributed by atoms with E-state index in [2.05, 4.69) is 44.2 Å². The fourth-order valence-corrected chi connectivity index (χ4v) is 3.30. The zero-order valence-electron chi connectivity index (χ0n) is 17.0. The second kappa shape index (κ2) is 9.13. The number of benzene rings is 2. The summed E-state index contributed by atoms with van der Waals surface area (Å²) in [6, 6.07) is 20.1. The van der Waals surface area contributed by atoms with Crippen molar-refractivity contribution >= 4 is 12.4 Å². The molecule has 0 aliphatic rings. The van der Waals surface area contributed by atoms with Crippen LogP contribution in [0.3, 0.4) is 0 Å². The van der Waals surface area contributed by atoms with Crippen LogP contribution in [0.15, 0.2) is 83.3 Å². The Balaban J connectivity index is 1.78. The smallest absolute Gasteiger partial charge is 0.102 e. The molecule has 4 rings (SSSR count). The lowest BCUT2D eigenvalue weighted by atomic mass is 9.94. The van der Waals surface area contributed by atoms with Gasteiger partial charge in [0.05, 0.1) is 12.7 Å². The monoisotopic (exact) mass is 396 g/mol. The molecule has 0 bridgehead atoms. The van der Waals surface area contributed by atoms with Crippen molar-refractivity contribution in [1.82, 2.24) is 19.9 Å². The molecule has 6 heteroatoms. The molecule has 2 aromatic carbocycles. The number of aromatic nitrogens is 4. The fraction of sp³-hybridized carbons (Fsp3) is 0.167. The molecular formula is C24H24N6. The maximum Gasteiger partial charge on any atom is 0.102 e. The number of aryl methyl sites for hydroxylation is 2. The molecule has 0 aliphatic carbocycles. The summed E-state index contributed by atoms with van der Waals surface area (Å²) in [5.41, 5.74) is 5.80. The van der Waals surface area contributed by atoms with Crippen molar-refractivity contribution in [2.75, 3.05) is 0 Å². The Hall–Kier alpha value is -3.80. The van der Waals surface area contributed by atoms with Gasteiger partial charge in [-0.1, -0.05) is 60.7 Å². The number of hydrogen-bond donors (Lipinski definition) is 2. The van der Waals surface area contributed by atoms with E-state index < -0.39 is 0 Å². The Bertz CT molecular complexity index is 1030. The van der Waals surface area contributed by atoms with Crippen molar-refractivity contribution in [2.45, 2.75) is 25.9 Å².